The van der Waals surface area contributed by atoms with E-state index in [-0.39, 0.29) is 0 Å². The first-order valence-corrected chi connectivity index (χ1v) is 14.9. The van der Waals surface area contributed by atoms with Gasteiger partial charge in [-0.2, -0.15) is 0 Å². The van der Waals surface area contributed by atoms with Crippen LogP contribution in [0.3, 0.4) is 0 Å². The fourth-order valence-electron chi connectivity index (χ4n) is 5.15. The predicted molar refractivity (Wildman–Crippen MR) is 154 cm³/mol. The third-order valence-corrected chi connectivity index (χ3v) is 11.7. The molecule has 1 aliphatic carbocycles. The molecule has 5 heteroatoms. The molecule has 0 amide bonds. The number of hydrogen-bond donors (Lipinski definition) is 1. The first-order chi connectivity index (χ1) is 16.8. The second-order valence-corrected chi connectivity index (χ2v) is 13.6. The first kappa shape index (κ1) is 24.2. The molecule has 1 atom stereocenters. The van der Waals surface area contributed by atoms with Crippen LogP contribution in [0.5, 0.6) is 0 Å². The Morgan fingerprint density at radius 2 is 1.83 bits per heavy atom. The molecule has 1 unspecified atom stereocenters. The smallest absolute Gasteiger partial charge is 0.0408 e. The van der Waals surface area contributed by atoms with Crippen LogP contribution >= 0.6 is 7.19 Å². The molecule has 2 aliphatic heterocycles. The van der Waals surface area contributed by atoms with Gasteiger partial charge in [-0.15, -0.1) is 0 Å². The maximum Gasteiger partial charge on any atom is 0.0408 e. The summed E-state index contributed by atoms with van der Waals surface area (Å²) in [6.07, 6.45) is 15.6. The molecule has 4 nitrogen and oxygen atoms in total. The maximum atomic E-state index is 6.46. The van der Waals surface area contributed by atoms with Crippen LogP contribution in [-0.4, -0.2) is 59.9 Å². The van der Waals surface area contributed by atoms with E-state index in [9.17, 15) is 0 Å². The predicted octanol–water partition coefficient (Wildman–Crippen LogP) is 6.01. The van der Waals surface area contributed by atoms with Gasteiger partial charge < -0.3 is 10.6 Å². The summed E-state index contributed by atoms with van der Waals surface area (Å²) in [5, 5.41) is 0. The van der Waals surface area contributed by atoms with Gasteiger partial charge in [-0.3, -0.25) is 9.34 Å². The third kappa shape index (κ3) is 5.35. The quantitative estimate of drug-likeness (QED) is 0.253. The molecule has 2 N–H and O–H groups in total. The summed E-state index contributed by atoms with van der Waals surface area (Å²) in [7, 11) is 0.715. The van der Waals surface area contributed by atoms with E-state index < -0.39 is 7.19 Å². The molecule has 0 spiro atoms. The lowest BCUT2D eigenvalue weighted by molar-refractivity contribution is 0.609. The van der Waals surface area contributed by atoms with Crippen LogP contribution in [0.15, 0.2) is 73.0 Å². The molecule has 0 saturated carbocycles. The maximum absolute atomic E-state index is 6.46. The number of likely N-dealkylation sites (N-methyl/N-ethyl adjacent to an activating group) is 1. The average Bonchev–Trinajstić information content (AvgIpc) is 3.77. The van der Waals surface area contributed by atoms with E-state index in [2.05, 4.69) is 95.5 Å². The SMILES string of the molecule is C=C(c1cccc(Cc2cc(C(C)CP(=C)(N3CC3)N3CC3)ccc2N)c1)N(C)C1=CCCC=C1. The Morgan fingerprint density at radius 1 is 1.09 bits per heavy atom. The van der Waals surface area contributed by atoms with Crippen LogP contribution < -0.4 is 5.73 Å². The third-order valence-electron chi connectivity index (χ3n) is 7.62. The van der Waals surface area contributed by atoms with Crippen molar-refractivity contribution in [2.75, 3.05) is 45.1 Å². The van der Waals surface area contributed by atoms with Crippen molar-refractivity contribution in [2.24, 2.45) is 0 Å². The van der Waals surface area contributed by atoms with Gasteiger partial charge in [-0.1, -0.05) is 62.3 Å². The zero-order valence-corrected chi connectivity index (χ0v) is 22.2. The van der Waals surface area contributed by atoms with Gasteiger partial charge in [0, 0.05) is 57.5 Å². The molecule has 3 aliphatic rings. The van der Waals surface area contributed by atoms with Crippen molar-refractivity contribution < 1.29 is 0 Å². The lowest BCUT2D eigenvalue weighted by Crippen LogP contribution is -2.15. The molecule has 5 rings (SSSR count). The Morgan fingerprint density at radius 3 is 2.49 bits per heavy atom. The van der Waals surface area contributed by atoms with Crippen LogP contribution in [-0.2, 0) is 6.42 Å². The van der Waals surface area contributed by atoms with Gasteiger partial charge in [0.2, 0.25) is 0 Å². The number of nitrogen functional groups attached to an aromatic ring is 1. The molecule has 0 radical (unpaired) electrons. The Bertz CT molecular complexity index is 1200. The largest absolute Gasteiger partial charge is 0.398 e. The zero-order valence-electron chi connectivity index (χ0n) is 21.3. The van der Waals surface area contributed by atoms with Crippen LogP contribution in [0.2, 0.25) is 0 Å². The highest BCUT2D eigenvalue weighted by Crippen LogP contribution is 2.61. The van der Waals surface area contributed by atoms with Crippen molar-refractivity contribution in [3.05, 3.63) is 95.2 Å². The minimum Gasteiger partial charge on any atom is -0.398 e. The van der Waals surface area contributed by atoms with Gasteiger partial charge in [0.25, 0.3) is 0 Å². The summed E-state index contributed by atoms with van der Waals surface area (Å²) in [5.41, 5.74) is 14.5. The number of anilines is 1. The lowest BCUT2D eigenvalue weighted by Gasteiger charge is -2.30. The van der Waals surface area contributed by atoms with E-state index in [4.69, 9.17) is 12.0 Å². The molecule has 184 valence electrons. The van der Waals surface area contributed by atoms with Crippen LogP contribution in [0.4, 0.5) is 5.69 Å². The molecule has 2 saturated heterocycles. The van der Waals surface area contributed by atoms with E-state index in [1.165, 1.54) is 48.6 Å². The Kier molecular flexibility index (Phi) is 6.81. The van der Waals surface area contributed by atoms with Gasteiger partial charge >= 0.3 is 0 Å². The van der Waals surface area contributed by atoms with E-state index in [1.54, 1.807) is 0 Å². The molecule has 0 bridgehead atoms. The van der Waals surface area contributed by atoms with Crippen molar-refractivity contribution in [3.8, 4) is 0 Å². The fourth-order valence-corrected chi connectivity index (χ4v) is 8.73. The Hall–Kier alpha value is -2.52. The highest BCUT2D eigenvalue weighted by molar-refractivity contribution is 7.69. The van der Waals surface area contributed by atoms with Gasteiger partial charge in [0.05, 0.1) is 0 Å². The normalized spacial score (nSPS) is 18.7. The minimum atomic E-state index is -1.38. The van der Waals surface area contributed by atoms with Gasteiger partial charge in [0.1, 0.15) is 0 Å². The average molecular weight is 487 g/mol. The molecule has 2 heterocycles. The van der Waals surface area contributed by atoms with E-state index in [0.717, 1.165) is 42.4 Å². The molecule has 2 fully saturated rings. The Balaban J connectivity index is 1.32. The molecular weight excluding hydrogens is 447 g/mol. The minimum absolute atomic E-state index is 0.470. The molecule has 2 aromatic rings. The first-order valence-electron chi connectivity index (χ1n) is 12.9. The molecule has 35 heavy (non-hydrogen) atoms. The van der Waals surface area contributed by atoms with Crippen molar-refractivity contribution in [1.82, 2.24) is 14.2 Å². The number of rotatable bonds is 10. The van der Waals surface area contributed by atoms with E-state index in [0.29, 0.717) is 5.92 Å². The summed E-state index contributed by atoms with van der Waals surface area (Å²) in [5.74, 6) is 0.470. The van der Waals surface area contributed by atoms with Crippen LogP contribution in [0.1, 0.15) is 47.9 Å². The van der Waals surface area contributed by atoms with Crippen molar-refractivity contribution in [2.45, 2.75) is 32.1 Å². The second-order valence-electron chi connectivity index (χ2n) is 10.3. The van der Waals surface area contributed by atoms with Gasteiger partial charge in [-0.05, 0) is 71.8 Å². The summed E-state index contributed by atoms with van der Waals surface area (Å²) in [4.78, 5) is 2.19. The van der Waals surface area contributed by atoms with Crippen molar-refractivity contribution in [3.63, 3.8) is 0 Å². The molecular formula is C30H39N4P. The second kappa shape index (κ2) is 9.85. The van der Waals surface area contributed by atoms with Crippen molar-refractivity contribution in [1.29, 1.82) is 0 Å². The van der Waals surface area contributed by atoms with Gasteiger partial charge in [0.15, 0.2) is 0 Å². The lowest BCUT2D eigenvalue weighted by atomic mass is 9.95. The topological polar surface area (TPSA) is 35.3 Å². The summed E-state index contributed by atoms with van der Waals surface area (Å²) >= 11 is 0. The monoisotopic (exact) mass is 486 g/mol. The molecule has 0 aromatic heterocycles. The van der Waals surface area contributed by atoms with Crippen LogP contribution in [0, 0.1) is 0 Å². The van der Waals surface area contributed by atoms with E-state index >= 15 is 0 Å². The fraction of sp³-hybridized carbons (Fsp3) is 0.367. The number of nitrogens with zero attached hydrogens (tertiary/aromatic N) is 3. The number of hydrogen-bond acceptors (Lipinski definition) is 4. The summed E-state index contributed by atoms with van der Waals surface area (Å²) in [6, 6.07) is 15.4. The number of benzene rings is 2. The number of allylic oxidation sites excluding steroid dienone is 3. The summed E-state index contributed by atoms with van der Waals surface area (Å²) < 4.78 is 5.23. The standard InChI is InChI=1S/C30H39N4P/c1-23(22-35(4,33-15-16-33)34-17-18-34)26-13-14-30(31)28(21-26)20-25-9-8-10-27(19-25)24(2)32(3)29-11-6-5-7-12-29/h6,8-14,19,21,23H,2,4-5,7,15-18,20,22,31H2,1,3H3. The zero-order chi connectivity index (χ0) is 24.6. The van der Waals surface area contributed by atoms with E-state index in [1.807, 2.05) is 0 Å². The van der Waals surface area contributed by atoms with Gasteiger partial charge in [-0.25, -0.2) is 0 Å². The Labute approximate surface area is 211 Å². The highest BCUT2D eigenvalue weighted by Gasteiger charge is 2.42. The van der Waals surface area contributed by atoms with Crippen LogP contribution in [0.25, 0.3) is 5.70 Å². The number of nitrogens with two attached hydrogens (primary N) is 1. The highest BCUT2D eigenvalue weighted by atomic mass is 31.2. The molecule has 2 aromatic carbocycles. The summed E-state index contributed by atoms with van der Waals surface area (Å²) in [6.45, 7) is 11.6. The van der Waals surface area contributed by atoms with Crippen molar-refractivity contribution >= 4 is 24.9 Å².